The largest absolute Gasteiger partial charge is 0.285 e. The Morgan fingerprint density at radius 2 is 1.94 bits per heavy atom. The first-order chi connectivity index (χ1) is 7.79. The summed E-state index contributed by atoms with van der Waals surface area (Å²) in [4.78, 5) is 0. The average molecular weight is 220 g/mol. The molecule has 0 bridgehead atoms. The molecule has 2 heteroatoms. The summed E-state index contributed by atoms with van der Waals surface area (Å²) < 4.78 is 1.12. The molecule has 0 amide bonds. The SMILES string of the molecule is CC[C@@H]1CCCC(c2cc[n+](O)cc2)CC1. The molecule has 2 rings (SSSR count). The second-order valence-corrected chi connectivity index (χ2v) is 4.99. The van der Waals surface area contributed by atoms with Crippen molar-refractivity contribution < 1.29 is 9.94 Å². The Bertz CT molecular complexity index is 320. The van der Waals surface area contributed by atoms with Crippen LogP contribution in [0.4, 0.5) is 0 Å². The van der Waals surface area contributed by atoms with Gasteiger partial charge in [0.2, 0.25) is 12.4 Å². The standard InChI is InChI=1S/C14H22NO/c1-2-12-4-3-5-13(7-6-12)14-8-10-15(16)11-9-14/h8-13,16H,2-7H2,1H3/q+1/t12-,13?/m1/s1. The molecule has 0 spiro atoms. The Kier molecular flexibility index (Phi) is 3.81. The number of nitrogens with zero attached hydrogens (tertiary/aromatic N) is 1. The summed E-state index contributed by atoms with van der Waals surface area (Å²) >= 11 is 0. The second-order valence-electron chi connectivity index (χ2n) is 4.99. The van der Waals surface area contributed by atoms with E-state index in [4.69, 9.17) is 0 Å². The lowest BCUT2D eigenvalue weighted by Crippen LogP contribution is -2.28. The highest BCUT2D eigenvalue weighted by molar-refractivity contribution is 5.14. The van der Waals surface area contributed by atoms with Crippen LogP contribution in [0.15, 0.2) is 24.5 Å². The fourth-order valence-electron chi connectivity index (χ4n) is 2.82. The van der Waals surface area contributed by atoms with Gasteiger partial charge in [-0.15, -0.1) is 0 Å². The molecule has 1 N–H and O–H groups in total. The van der Waals surface area contributed by atoms with Crippen LogP contribution in [0.2, 0.25) is 0 Å². The van der Waals surface area contributed by atoms with Crippen molar-refractivity contribution in [1.29, 1.82) is 0 Å². The Hall–Kier alpha value is -1.05. The number of hydrogen-bond donors (Lipinski definition) is 1. The van der Waals surface area contributed by atoms with E-state index in [9.17, 15) is 5.21 Å². The van der Waals surface area contributed by atoms with Crippen LogP contribution in [0.1, 0.15) is 56.9 Å². The van der Waals surface area contributed by atoms with E-state index in [1.54, 1.807) is 12.4 Å². The zero-order chi connectivity index (χ0) is 11.4. The number of aromatic nitrogens is 1. The van der Waals surface area contributed by atoms with Gasteiger partial charge in [-0.2, -0.15) is 0 Å². The summed E-state index contributed by atoms with van der Waals surface area (Å²) in [7, 11) is 0. The van der Waals surface area contributed by atoms with Crippen molar-refractivity contribution in [2.24, 2.45) is 5.92 Å². The van der Waals surface area contributed by atoms with E-state index >= 15 is 0 Å². The molecule has 16 heavy (non-hydrogen) atoms. The molecular weight excluding hydrogens is 198 g/mol. The van der Waals surface area contributed by atoms with E-state index < -0.39 is 0 Å². The molecule has 0 radical (unpaired) electrons. The number of pyridine rings is 1. The predicted molar refractivity (Wildman–Crippen MR) is 63.4 cm³/mol. The van der Waals surface area contributed by atoms with Gasteiger partial charge in [0.25, 0.3) is 0 Å². The van der Waals surface area contributed by atoms with Gasteiger partial charge in [-0.1, -0.05) is 26.2 Å². The minimum Gasteiger partial charge on any atom is -0.285 e. The Morgan fingerprint density at radius 3 is 2.62 bits per heavy atom. The molecule has 0 aliphatic heterocycles. The normalized spacial score (nSPS) is 26.3. The van der Waals surface area contributed by atoms with Gasteiger partial charge in [0, 0.05) is 16.9 Å². The molecular formula is C14H22NO+. The van der Waals surface area contributed by atoms with Gasteiger partial charge in [0.05, 0.1) is 0 Å². The predicted octanol–water partition coefficient (Wildman–Crippen LogP) is 3.29. The van der Waals surface area contributed by atoms with Gasteiger partial charge in [-0.3, -0.25) is 5.21 Å². The molecule has 0 saturated heterocycles. The Morgan fingerprint density at radius 1 is 1.19 bits per heavy atom. The monoisotopic (exact) mass is 220 g/mol. The minimum absolute atomic E-state index is 0.706. The van der Waals surface area contributed by atoms with Crippen LogP contribution < -0.4 is 4.73 Å². The van der Waals surface area contributed by atoms with Crippen molar-refractivity contribution in [1.82, 2.24) is 0 Å². The van der Waals surface area contributed by atoms with Gasteiger partial charge < -0.3 is 0 Å². The molecule has 1 fully saturated rings. The van der Waals surface area contributed by atoms with Crippen LogP contribution in [0.3, 0.4) is 0 Å². The molecule has 2 nitrogen and oxygen atoms in total. The summed E-state index contributed by atoms with van der Waals surface area (Å²) in [6, 6.07) is 4.11. The van der Waals surface area contributed by atoms with Crippen molar-refractivity contribution in [2.75, 3.05) is 0 Å². The summed E-state index contributed by atoms with van der Waals surface area (Å²) in [5.74, 6) is 1.65. The smallest absolute Gasteiger partial charge is 0.222 e. The van der Waals surface area contributed by atoms with E-state index in [-0.39, 0.29) is 0 Å². The highest BCUT2D eigenvalue weighted by Gasteiger charge is 2.19. The topological polar surface area (TPSA) is 24.1 Å². The molecule has 1 heterocycles. The van der Waals surface area contributed by atoms with Crippen LogP contribution >= 0.6 is 0 Å². The van der Waals surface area contributed by atoms with Gasteiger partial charge >= 0.3 is 0 Å². The summed E-state index contributed by atoms with van der Waals surface area (Å²) in [6.07, 6.45) is 11.6. The lowest BCUT2D eigenvalue weighted by molar-refractivity contribution is -0.904. The minimum atomic E-state index is 0.706. The number of rotatable bonds is 2. The van der Waals surface area contributed by atoms with Crippen LogP contribution in [0.5, 0.6) is 0 Å². The average Bonchev–Trinajstić information content (AvgIpc) is 2.55. The van der Waals surface area contributed by atoms with E-state index in [1.807, 2.05) is 0 Å². The first-order valence-electron chi connectivity index (χ1n) is 6.50. The third kappa shape index (κ3) is 2.75. The molecule has 1 aromatic heterocycles. The van der Waals surface area contributed by atoms with Crippen molar-refractivity contribution in [3.05, 3.63) is 30.1 Å². The zero-order valence-electron chi connectivity index (χ0n) is 10.1. The maximum atomic E-state index is 9.21. The Labute approximate surface area is 97.9 Å². The van der Waals surface area contributed by atoms with E-state index in [0.717, 1.165) is 10.6 Å². The third-order valence-electron chi connectivity index (χ3n) is 3.98. The lowest BCUT2D eigenvalue weighted by atomic mass is 9.91. The zero-order valence-corrected chi connectivity index (χ0v) is 10.1. The highest BCUT2D eigenvalue weighted by atomic mass is 16.5. The molecule has 2 atom stereocenters. The fraction of sp³-hybridized carbons (Fsp3) is 0.643. The summed E-state index contributed by atoms with van der Waals surface area (Å²) in [5, 5.41) is 9.21. The van der Waals surface area contributed by atoms with E-state index in [1.165, 1.54) is 44.1 Å². The molecule has 88 valence electrons. The van der Waals surface area contributed by atoms with Gasteiger partial charge in [0.15, 0.2) is 0 Å². The first kappa shape index (κ1) is 11.4. The van der Waals surface area contributed by atoms with Crippen LogP contribution in [0, 0.1) is 5.92 Å². The molecule has 0 aromatic carbocycles. The fourth-order valence-corrected chi connectivity index (χ4v) is 2.82. The second kappa shape index (κ2) is 5.33. The van der Waals surface area contributed by atoms with Gasteiger partial charge in [-0.05, 0) is 36.7 Å². The van der Waals surface area contributed by atoms with Crippen molar-refractivity contribution in [2.45, 2.75) is 51.4 Å². The van der Waals surface area contributed by atoms with Crippen molar-refractivity contribution >= 4 is 0 Å². The number of hydrogen-bond acceptors (Lipinski definition) is 1. The van der Waals surface area contributed by atoms with E-state index in [2.05, 4.69) is 19.1 Å². The van der Waals surface area contributed by atoms with Crippen LogP contribution in [-0.2, 0) is 0 Å². The van der Waals surface area contributed by atoms with Gasteiger partial charge in [0.1, 0.15) is 0 Å². The summed E-state index contributed by atoms with van der Waals surface area (Å²) in [5.41, 5.74) is 1.39. The lowest BCUT2D eigenvalue weighted by Gasteiger charge is -2.13. The van der Waals surface area contributed by atoms with Crippen LogP contribution in [-0.4, -0.2) is 5.21 Å². The molecule has 1 aliphatic carbocycles. The molecule has 1 unspecified atom stereocenters. The van der Waals surface area contributed by atoms with Crippen molar-refractivity contribution in [3.8, 4) is 0 Å². The molecule has 1 aliphatic rings. The van der Waals surface area contributed by atoms with Gasteiger partial charge in [-0.25, -0.2) is 0 Å². The Balaban J connectivity index is 2.02. The quantitative estimate of drug-likeness (QED) is 0.461. The van der Waals surface area contributed by atoms with E-state index in [0.29, 0.717) is 5.92 Å². The maximum absolute atomic E-state index is 9.21. The highest BCUT2D eigenvalue weighted by Crippen LogP contribution is 2.34. The molecule has 1 aromatic rings. The van der Waals surface area contributed by atoms with Crippen LogP contribution in [0.25, 0.3) is 0 Å². The third-order valence-corrected chi connectivity index (χ3v) is 3.98. The van der Waals surface area contributed by atoms with Crippen molar-refractivity contribution in [3.63, 3.8) is 0 Å². The molecule has 1 saturated carbocycles. The summed E-state index contributed by atoms with van der Waals surface area (Å²) in [6.45, 7) is 2.31. The first-order valence-corrected chi connectivity index (χ1v) is 6.50. The maximum Gasteiger partial charge on any atom is 0.222 e.